The summed E-state index contributed by atoms with van der Waals surface area (Å²) in [5.74, 6) is 1.84. The van der Waals surface area contributed by atoms with Gasteiger partial charge in [-0.15, -0.1) is 5.10 Å². The number of furan rings is 1. The number of fused-ring (bicyclic) bond motifs is 1. The molecule has 0 radical (unpaired) electrons. The molecule has 0 saturated carbocycles. The number of para-hydroxylation sites is 1. The first-order valence-corrected chi connectivity index (χ1v) is 11.9. The quantitative estimate of drug-likeness (QED) is 0.431. The minimum absolute atomic E-state index is 0.229. The highest BCUT2D eigenvalue weighted by Gasteiger charge is 2.26. The third kappa shape index (κ3) is 5.04. The summed E-state index contributed by atoms with van der Waals surface area (Å²) in [5, 5.41) is 7.74. The van der Waals surface area contributed by atoms with E-state index < -0.39 is 5.60 Å². The highest BCUT2D eigenvalue weighted by Crippen LogP contribution is 2.24. The van der Waals surface area contributed by atoms with Crippen LogP contribution in [0.15, 0.2) is 53.1 Å². The van der Waals surface area contributed by atoms with Crippen LogP contribution in [-0.4, -0.2) is 62.4 Å². The van der Waals surface area contributed by atoms with Crippen LogP contribution in [0.5, 0.6) is 0 Å². The number of rotatable bonds is 5. The van der Waals surface area contributed by atoms with Crippen LogP contribution in [-0.2, 0) is 11.3 Å². The Morgan fingerprint density at radius 3 is 2.61 bits per heavy atom. The van der Waals surface area contributed by atoms with E-state index in [0.717, 1.165) is 24.3 Å². The summed E-state index contributed by atoms with van der Waals surface area (Å²) in [6, 6.07) is 13.6. The molecule has 5 rings (SSSR count). The number of carbonyl (C=O) groups is 1. The Hall–Kier alpha value is -4.28. The molecule has 4 heterocycles. The molecular formula is C25H30N8O3. The van der Waals surface area contributed by atoms with Crippen LogP contribution < -0.4 is 16.0 Å². The van der Waals surface area contributed by atoms with Gasteiger partial charge in [-0.05, 0) is 44.5 Å². The minimum Gasteiger partial charge on any atom is -0.461 e. The number of ether oxygens (including phenoxy) is 1. The summed E-state index contributed by atoms with van der Waals surface area (Å²) in [5.41, 5.74) is 8.44. The number of hydrogen-bond acceptors (Lipinski definition) is 9. The SMILES string of the molecule is CC(C)(C)OC(=O)N1CCN(c2ccccc2CNc2cc3nc(-c4ccco4)nn3c(N)n2)CC1. The van der Waals surface area contributed by atoms with Gasteiger partial charge < -0.3 is 30.0 Å². The van der Waals surface area contributed by atoms with Crippen molar-refractivity contribution >= 4 is 29.2 Å². The van der Waals surface area contributed by atoms with Crippen molar-refractivity contribution in [2.24, 2.45) is 0 Å². The van der Waals surface area contributed by atoms with Crippen LogP contribution in [0.1, 0.15) is 26.3 Å². The molecule has 1 aromatic carbocycles. The molecule has 4 aromatic rings. The van der Waals surface area contributed by atoms with E-state index in [1.54, 1.807) is 29.4 Å². The number of benzene rings is 1. The highest BCUT2D eigenvalue weighted by atomic mass is 16.6. The average molecular weight is 491 g/mol. The van der Waals surface area contributed by atoms with Gasteiger partial charge >= 0.3 is 6.09 Å². The molecule has 3 N–H and O–H groups in total. The lowest BCUT2D eigenvalue weighted by Gasteiger charge is -2.37. The first-order chi connectivity index (χ1) is 17.3. The lowest BCUT2D eigenvalue weighted by atomic mass is 10.1. The average Bonchev–Trinajstić information content (AvgIpc) is 3.52. The molecule has 11 heteroatoms. The zero-order valence-corrected chi connectivity index (χ0v) is 20.6. The number of hydrogen-bond donors (Lipinski definition) is 2. The van der Waals surface area contributed by atoms with Crippen LogP contribution >= 0.6 is 0 Å². The lowest BCUT2D eigenvalue weighted by molar-refractivity contribution is 0.0240. The van der Waals surface area contributed by atoms with E-state index in [4.69, 9.17) is 14.9 Å². The summed E-state index contributed by atoms with van der Waals surface area (Å²) in [6.07, 6.45) is 1.31. The standard InChI is InChI=1S/C25H30N8O3/c1-25(2,3)36-24(34)32-12-10-31(11-13-32)18-8-5-4-7-17(18)16-27-20-15-21-29-22(19-9-6-14-35-19)30-33(21)23(26)28-20/h4-9,14-15,27H,10-13,16H2,1-3H3,(H2,26,28). The van der Waals surface area contributed by atoms with E-state index in [0.29, 0.717) is 42.7 Å². The van der Waals surface area contributed by atoms with E-state index in [-0.39, 0.29) is 12.0 Å². The predicted molar refractivity (Wildman–Crippen MR) is 137 cm³/mol. The van der Waals surface area contributed by atoms with Gasteiger partial charge in [-0.3, -0.25) is 0 Å². The molecule has 0 aliphatic carbocycles. The zero-order valence-electron chi connectivity index (χ0n) is 20.6. The Morgan fingerprint density at radius 1 is 1.11 bits per heavy atom. The van der Waals surface area contributed by atoms with Gasteiger partial charge in [-0.25, -0.2) is 9.78 Å². The molecule has 1 aliphatic rings. The van der Waals surface area contributed by atoms with Gasteiger partial charge in [0.2, 0.25) is 11.8 Å². The number of aromatic nitrogens is 4. The number of nitrogens with one attached hydrogen (secondary N) is 1. The Kier molecular flexibility index (Phi) is 6.13. The Morgan fingerprint density at radius 2 is 1.89 bits per heavy atom. The number of nitrogen functional groups attached to an aromatic ring is 1. The highest BCUT2D eigenvalue weighted by molar-refractivity contribution is 5.69. The number of amides is 1. The molecule has 1 saturated heterocycles. The van der Waals surface area contributed by atoms with Crippen LogP contribution in [0.2, 0.25) is 0 Å². The molecular weight excluding hydrogens is 460 g/mol. The minimum atomic E-state index is -0.500. The number of anilines is 3. The van der Waals surface area contributed by atoms with Crippen molar-refractivity contribution in [1.29, 1.82) is 0 Å². The fraction of sp³-hybridized carbons (Fsp3) is 0.360. The summed E-state index contributed by atoms with van der Waals surface area (Å²) >= 11 is 0. The molecule has 0 bridgehead atoms. The number of carbonyl (C=O) groups excluding carboxylic acids is 1. The van der Waals surface area contributed by atoms with Crippen molar-refractivity contribution in [2.75, 3.05) is 42.1 Å². The molecule has 1 amide bonds. The van der Waals surface area contributed by atoms with Gasteiger partial charge in [0.05, 0.1) is 6.26 Å². The summed E-state index contributed by atoms with van der Waals surface area (Å²) in [7, 11) is 0. The zero-order chi connectivity index (χ0) is 25.3. The molecule has 0 unspecified atom stereocenters. The van der Waals surface area contributed by atoms with Gasteiger partial charge in [0.25, 0.3) is 0 Å². The van der Waals surface area contributed by atoms with E-state index >= 15 is 0 Å². The summed E-state index contributed by atoms with van der Waals surface area (Å²) in [6.45, 7) is 8.85. The van der Waals surface area contributed by atoms with E-state index in [9.17, 15) is 4.79 Å². The first-order valence-electron chi connectivity index (χ1n) is 11.9. The molecule has 3 aromatic heterocycles. The van der Waals surface area contributed by atoms with Gasteiger partial charge in [0, 0.05) is 44.5 Å². The monoisotopic (exact) mass is 490 g/mol. The smallest absolute Gasteiger partial charge is 0.410 e. The van der Waals surface area contributed by atoms with Crippen molar-refractivity contribution in [3.8, 4) is 11.6 Å². The molecule has 188 valence electrons. The second-order valence-electron chi connectivity index (χ2n) is 9.62. The van der Waals surface area contributed by atoms with Crippen molar-refractivity contribution in [2.45, 2.75) is 32.9 Å². The molecule has 0 atom stereocenters. The fourth-order valence-electron chi connectivity index (χ4n) is 4.12. The topological polar surface area (TPSA) is 127 Å². The van der Waals surface area contributed by atoms with Crippen molar-refractivity contribution in [3.63, 3.8) is 0 Å². The summed E-state index contributed by atoms with van der Waals surface area (Å²) < 4.78 is 12.4. The van der Waals surface area contributed by atoms with Gasteiger partial charge in [0.1, 0.15) is 11.4 Å². The molecule has 0 spiro atoms. The summed E-state index contributed by atoms with van der Waals surface area (Å²) in [4.78, 5) is 25.4. The molecule has 11 nitrogen and oxygen atoms in total. The third-order valence-electron chi connectivity index (χ3n) is 5.82. The maximum Gasteiger partial charge on any atom is 0.410 e. The number of nitrogens with zero attached hydrogens (tertiary/aromatic N) is 6. The first kappa shape index (κ1) is 23.5. The van der Waals surface area contributed by atoms with Crippen molar-refractivity contribution in [1.82, 2.24) is 24.5 Å². The van der Waals surface area contributed by atoms with Gasteiger partial charge in [0.15, 0.2) is 11.4 Å². The van der Waals surface area contributed by atoms with E-state index in [1.165, 1.54) is 4.52 Å². The number of nitrogens with two attached hydrogens (primary N) is 1. The van der Waals surface area contributed by atoms with Crippen LogP contribution in [0.4, 0.5) is 22.2 Å². The maximum absolute atomic E-state index is 12.4. The van der Waals surface area contributed by atoms with Gasteiger partial charge in [-0.1, -0.05) is 18.2 Å². The molecule has 1 fully saturated rings. The Balaban J connectivity index is 1.27. The van der Waals surface area contributed by atoms with E-state index in [2.05, 4.69) is 37.4 Å². The van der Waals surface area contributed by atoms with Crippen LogP contribution in [0.25, 0.3) is 17.2 Å². The molecule has 36 heavy (non-hydrogen) atoms. The number of piperazine rings is 1. The van der Waals surface area contributed by atoms with Crippen LogP contribution in [0.3, 0.4) is 0 Å². The lowest BCUT2D eigenvalue weighted by Crippen LogP contribution is -2.50. The normalized spacial score (nSPS) is 14.3. The van der Waals surface area contributed by atoms with Crippen molar-refractivity contribution < 1.29 is 13.9 Å². The van der Waals surface area contributed by atoms with Crippen molar-refractivity contribution in [3.05, 3.63) is 54.3 Å². The molecule has 1 aliphatic heterocycles. The predicted octanol–water partition coefficient (Wildman–Crippen LogP) is 3.64. The second-order valence-corrected chi connectivity index (χ2v) is 9.62. The van der Waals surface area contributed by atoms with E-state index in [1.807, 2.05) is 32.9 Å². The maximum atomic E-state index is 12.4. The largest absolute Gasteiger partial charge is 0.461 e. The van der Waals surface area contributed by atoms with Crippen LogP contribution in [0, 0.1) is 0 Å². The van der Waals surface area contributed by atoms with Gasteiger partial charge in [-0.2, -0.15) is 9.50 Å². The third-order valence-corrected chi connectivity index (χ3v) is 5.82. The Labute approximate surface area is 208 Å². The fourth-order valence-corrected chi connectivity index (χ4v) is 4.12. The Bertz CT molecular complexity index is 1350. The second kappa shape index (κ2) is 9.40.